The van der Waals surface area contributed by atoms with Gasteiger partial charge in [-0.15, -0.1) is 0 Å². The van der Waals surface area contributed by atoms with E-state index in [1.54, 1.807) is 0 Å². The Balaban J connectivity index is 1.56. The third kappa shape index (κ3) is 3.74. The summed E-state index contributed by atoms with van der Waals surface area (Å²) in [5, 5.41) is 0. The Bertz CT molecular complexity index is 815. The first-order valence-electron chi connectivity index (χ1n) is 12.6. The summed E-state index contributed by atoms with van der Waals surface area (Å²) in [7, 11) is 1.44. The molecule has 0 radical (unpaired) electrons. The van der Waals surface area contributed by atoms with Crippen LogP contribution in [0.3, 0.4) is 0 Å². The highest BCUT2D eigenvalue weighted by Gasteiger charge is 2.61. The van der Waals surface area contributed by atoms with E-state index in [-0.39, 0.29) is 28.9 Å². The molecule has 2 unspecified atom stereocenters. The Hall–Kier alpha value is -1.65. The van der Waals surface area contributed by atoms with Crippen LogP contribution in [-0.2, 0) is 23.9 Å². The highest BCUT2D eigenvalue weighted by Crippen LogP contribution is 2.65. The topological polar surface area (TPSA) is 69.7 Å². The van der Waals surface area contributed by atoms with E-state index in [0.29, 0.717) is 41.8 Å². The van der Waals surface area contributed by atoms with Crippen LogP contribution in [0.4, 0.5) is 0 Å². The second-order valence-electron chi connectivity index (χ2n) is 11.4. The van der Waals surface area contributed by atoms with Crippen molar-refractivity contribution < 1.29 is 23.9 Å². The molecule has 0 aromatic heterocycles. The molecule has 8 atom stereocenters. The summed E-state index contributed by atoms with van der Waals surface area (Å²) in [5.41, 5.74) is 1.12. The van der Waals surface area contributed by atoms with Crippen molar-refractivity contribution in [2.45, 2.75) is 91.6 Å². The van der Waals surface area contributed by atoms with Crippen LogP contribution in [-0.4, -0.2) is 30.9 Å². The first kappa shape index (κ1) is 23.5. The van der Waals surface area contributed by atoms with Crippen molar-refractivity contribution in [3.63, 3.8) is 0 Å². The summed E-state index contributed by atoms with van der Waals surface area (Å²) in [6, 6.07) is 0. The molecule has 0 aliphatic heterocycles. The standard InChI is InChI=1S/C27H40O5/c1-16(6-11-25(30)31-5)21-9-10-22-20-8-7-18-14-19(32-17(2)28)12-13-26(18,3)23(20)15-24(29)27(21,22)4/h15-16,18-22H,6-14H2,1-5H3/t16-,18?,19?,20+,21-,22+,26+,27-/m1/s1. The maximum Gasteiger partial charge on any atom is 0.305 e. The third-order valence-corrected chi connectivity index (χ3v) is 10.0. The Morgan fingerprint density at radius 3 is 2.59 bits per heavy atom. The largest absolute Gasteiger partial charge is 0.469 e. The fraction of sp³-hybridized carbons (Fsp3) is 0.815. The molecular weight excluding hydrogens is 404 g/mol. The van der Waals surface area contributed by atoms with E-state index < -0.39 is 0 Å². The van der Waals surface area contributed by atoms with Crippen LogP contribution in [0.5, 0.6) is 0 Å². The van der Waals surface area contributed by atoms with Crippen molar-refractivity contribution in [2.75, 3.05) is 7.11 Å². The number of allylic oxidation sites excluding steroid dienone is 2. The average molecular weight is 445 g/mol. The normalized spacial score (nSPS) is 41.6. The van der Waals surface area contributed by atoms with Gasteiger partial charge in [0.25, 0.3) is 0 Å². The summed E-state index contributed by atoms with van der Waals surface area (Å²) < 4.78 is 10.4. The molecule has 0 spiro atoms. The predicted octanol–water partition coefficient (Wildman–Crippen LogP) is 5.27. The van der Waals surface area contributed by atoms with Crippen LogP contribution < -0.4 is 0 Å². The van der Waals surface area contributed by atoms with Gasteiger partial charge in [-0.25, -0.2) is 0 Å². The van der Waals surface area contributed by atoms with Gasteiger partial charge in [0.15, 0.2) is 5.78 Å². The van der Waals surface area contributed by atoms with Crippen molar-refractivity contribution in [1.82, 2.24) is 0 Å². The van der Waals surface area contributed by atoms with Crippen LogP contribution in [0.25, 0.3) is 0 Å². The Morgan fingerprint density at radius 2 is 1.91 bits per heavy atom. The van der Waals surface area contributed by atoms with E-state index in [2.05, 4.69) is 20.8 Å². The molecule has 5 nitrogen and oxygen atoms in total. The third-order valence-electron chi connectivity index (χ3n) is 10.0. The second kappa shape index (κ2) is 8.61. The lowest BCUT2D eigenvalue weighted by atomic mass is 9.48. The average Bonchev–Trinajstić information content (AvgIpc) is 3.11. The van der Waals surface area contributed by atoms with Gasteiger partial charge in [-0.1, -0.05) is 26.3 Å². The summed E-state index contributed by atoms with van der Waals surface area (Å²) in [5.74, 6) is 1.99. The molecule has 0 saturated heterocycles. The molecule has 0 bridgehead atoms. The molecule has 0 N–H and O–H groups in total. The molecule has 0 heterocycles. The number of ether oxygens (including phenoxy) is 2. The first-order valence-corrected chi connectivity index (χ1v) is 12.6. The second-order valence-corrected chi connectivity index (χ2v) is 11.4. The van der Waals surface area contributed by atoms with Crippen molar-refractivity contribution in [3.05, 3.63) is 11.6 Å². The van der Waals surface area contributed by atoms with Crippen molar-refractivity contribution in [1.29, 1.82) is 0 Å². The maximum atomic E-state index is 13.8. The van der Waals surface area contributed by atoms with Gasteiger partial charge in [0.05, 0.1) is 7.11 Å². The Morgan fingerprint density at radius 1 is 1.16 bits per heavy atom. The van der Waals surface area contributed by atoms with Gasteiger partial charge in [0, 0.05) is 18.8 Å². The van der Waals surface area contributed by atoms with Crippen LogP contribution in [0, 0.1) is 40.4 Å². The van der Waals surface area contributed by atoms with Gasteiger partial charge < -0.3 is 9.47 Å². The van der Waals surface area contributed by atoms with E-state index in [9.17, 15) is 14.4 Å². The zero-order chi connectivity index (χ0) is 23.3. The van der Waals surface area contributed by atoms with E-state index in [4.69, 9.17) is 9.47 Å². The first-order chi connectivity index (χ1) is 15.1. The molecule has 0 amide bonds. The predicted molar refractivity (Wildman–Crippen MR) is 122 cm³/mol. The summed E-state index contributed by atoms with van der Waals surface area (Å²) in [6.07, 6.45) is 10.5. The van der Waals surface area contributed by atoms with E-state index in [1.165, 1.54) is 19.6 Å². The molecule has 3 saturated carbocycles. The molecule has 32 heavy (non-hydrogen) atoms. The van der Waals surface area contributed by atoms with Gasteiger partial charge in [0.1, 0.15) is 6.10 Å². The molecule has 0 aromatic rings. The Kier molecular flexibility index (Phi) is 6.32. The molecule has 4 rings (SSSR count). The lowest BCUT2D eigenvalue weighted by Crippen LogP contribution is -2.52. The maximum absolute atomic E-state index is 13.8. The monoisotopic (exact) mass is 444 g/mol. The number of methoxy groups -OCH3 is 1. The van der Waals surface area contributed by atoms with Gasteiger partial charge >= 0.3 is 11.9 Å². The zero-order valence-corrected chi connectivity index (χ0v) is 20.4. The number of hydrogen-bond acceptors (Lipinski definition) is 5. The quantitative estimate of drug-likeness (QED) is 0.541. The molecular formula is C27H40O5. The fourth-order valence-corrected chi connectivity index (χ4v) is 8.21. The van der Waals surface area contributed by atoms with Crippen LogP contribution in [0.15, 0.2) is 11.6 Å². The van der Waals surface area contributed by atoms with Crippen molar-refractivity contribution in [3.8, 4) is 0 Å². The van der Waals surface area contributed by atoms with E-state index in [1.807, 2.05) is 6.08 Å². The molecule has 5 heteroatoms. The highest BCUT2D eigenvalue weighted by atomic mass is 16.5. The van der Waals surface area contributed by atoms with E-state index >= 15 is 0 Å². The van der Waals surface area contributed by atoms with Crippen LogP contribution in [0.1, 0.15) is 85.5 Å². The lowest BCUT2D eigenvalue weighted by Gasteiger charge is -2.56. The SMILES string of the molecule is COC(=O)CC[C@@H](C)[C@H]1CC[C@H]2[C@@H]3CCC4CC(OC(C)=O)CC[C@]4(C)C3=CC(=O)[C@]12C. The van der Waals surface area contributed by atoms with Gasteiger partial charge in [-0.05, 0) is 92.4 Å². The fourth-order valence-electron chi connectivity index (χ4n) is 8.21. The minimum Gasteiger partial charge on any atom is -0.469 e. The van der Waals surface area contributed by atoms with Gasteiger partial charge in [-0.2, -0.15) is 0 Å². The minimum atomic E-state index is -0.318. The smallest absolute Gasteiger partial charge is 0.305 e. The lowest BCUT2D eigenvalue weighted by molar-refractivity contribution is -0.151. The Labute approximate surface area is 192 Å². The van der Waals surface area contributed by atoms with E-state index in [0.717, 1.165) is 51.4 Å². The molecule has 3 fully saturated rings. The molecule has 0 aromatic carbocycles. The summed E-state index contributed by atoms with van der Waals surface area (Å²) >= 11 is 0. The summed E-state index contributed by atoms with van der Waals surface area (Å²) in [4.78, 5) is 36.9. The number of ketones is 1. The summed E-state index contributed by atoms with van der Waals surface area (Å²) in [6.45, 7) is 8.28. The van der Waals surface area contributed by atoms with Crippen LogP contribution >= 0.6 is 0 Å². The number of esters is 2. The number of carbonyl (C=O) groups excluding carboxylic acids is 3. The molecule has 4 aliphatic rings. The van der Waals surface area contributed by atoms with Crippen molar-refractivity contribution in [2.24, 2.45) is 40.4 Å². The van der Waals surface area contributed by atoms with Crippen LogP contribution in [0.2, 0.25) is 0 Å². The zero-order valence-electron chi connectivity index (χ0n) is 20.4. The number of rotatable bonds is 5. The van der Waals surface area contributed by atoms with Crippen molar-refractivity contribution >= 4 is 17.7 Å². The number of fused-ring (bicyclic) bond motifs is 5. The number of hydrogen-bond donors (Lipinski definition) is 0. The number of carbonyl (C=O) groups is 3. The highest BCUT2D eigenvalue weighted by molar-refractivity contribution is 5.97. The van der Waals surface area contributed by atoms with Gasteiger partial charge in [0.2, 0.25) is 0 Å². The van der Waals surface area contributed by atoms with Gasteiger partial charge in [-0.3, -0.25) is 14.4 Å². The minimum absolute atomic E-state index is 0.0267. The molecule has 4 aliphatic carbocycles. The molecule has 178 valence electrons.